The molecule has 4 nitrogen and oxygen atoms in total. The van der Waals surface area contributed by atoms with E-state index in [-0.39, 0.29) is 11.4 Å². The van der Waals surface area contributed by atoms with Crippen LogP contribution in [0.15, 0.2) is 27.7 Å². The number of hydrogen-bond donors (Lipinski definition) is 1. The van der Waals surface area contributed by atoms with Crippen LogP contribution in [-0.2, 0) is 10.3 Å². The lowest BCUT2D eigenvalue weighted by molar-refractivity contribution is 0.136. The molecule has 0 fully saturated rings. The molecule has 0 saturated carbocycles. The third kappa shape index (κ3) is 2.60. The molecule has 104 valence electrons. The Kier molecular flexibility index (Phi) is 4.10. The van der Waals surface area contributed by atoms with E-state index < -0.39 is 0 Å². The monoisotopic (exact) mass is 329 g/mol. The van der Waals surface area contributed by atoms with Gasteiger partial charge in [-0.1, -0.05) is 22.0 Å². The minimum absolute atomic E-state index is 0.269. The van der Waals surface area contributed by atoms with E-state index >= 15 is 0 Å². The molecule has 6 heteroatoms. The summed E-state index contributed by atoms with van der Waals surface area (Å²) >= 11 is 3.42. The fourth-order valence-corrected chi connectivity index (χ4v) is 3.14. The molecule has 1 unspecified atom stereocenters. The highest BCUT2D eigenvalue weighted by atomic mass is 79.9. The highest BCUT2D eigenvalue weighted by Gasteiger charge is 2.40. The molecule has 0 spiro atoms. The third-order valence-corrected chi connectivity index (χ3v) is 4.11. The van der Waals surface area contributed by atoms with Gasteiger partial charge in [-0.15, -0.1) is 0 Å². The highest BCUT2D eigenvalue weighted by Crippen LogP contribution is 2.36. The maximum absolute atomic E-state index is 13.2. The lowest BCUT2D eigenvalue weighted by Gasteiger charge is -2.37. The summed E-state index contributed by atoms with van der Waals surface area (Å²) in [4.78, 5) is 6.31. The van der Waals surface area contributed by atoms with Crippen molar-refractivity contribution in [2.75, 3.05) is 26.8 Å². The predicted molar refractivity (Wildman–Crippen MR) is 76.5 cm³/mol. The van der Waals surface area contributed by atoms with Crippen LogP contribution in [-0.4, -0.2) is 37.7 Å². The van der Waals surface area contributed by atoms with E-state index in [1.54, 1.807) is 13.2 Å². The van der Waals surface area contributed by atoms with E-state index in [9.17, 15) is 4.39 Å². The summed E-state index contributed by atoms with van der Waals surface area (Å²) in [7, 11) is 1.65. The smallest absolute Gasteiger partial charge is 0.192 e. The van der Waals surface area contributed by atoms with Gasteiger partial charge in [-0.3, -0.25) is 4.99 Å². The zero-order valence-corrected chi connectivity index (χ0v) is 12.6. The quantitative estimate of drug-likeness (QED) is 0.920. The van der Waals surface area contributed by atoms with Crippen LogP contribution < -0.4 is 5.73 Å². The molecule has 0 saturated heterocycles. The second-order valence-corrected chi connectivity index (χ2v) is 5.57. The SMILES string of the molecule is COCCN1C(N)=NCC1(C)c1ccc(F)cc1Br. The average molecular weight is 330 g/mol. The number of nitrogens with two attached hydrogens (primary N) is 1. The van der Waals surface area contributed by atoms with Gasteiger partial charge in [0.2, 0.25) is 0 Å². The largest absolute Gasteiger partial charge is 0.383 e. The maximum Gasteiger partial charge on any atom is 0.192 e. The van der Waals surface area contributed by atoms with Crippen molar-refractivity contribution in [2.24, 2.45) is 10.7 Å². The van der Waals surface area contributed by atoms with Crippen LogP contribution in [0.4, 0.5) is 4.39 Å². The molecule has 0 bridgehead atoms. The summed E-state index contributed by atoms with van der Waals surface area (Å²) in [5.74, 6) is 0.227. The Labute approximate surface area is 120 Å². The molecule has 1 aliphatic rings. The first kappa shape index (κ1) is 14.3. The van der Waals surface area contributed by atoms with Crippen molar-refractivity contribution in [1.29, 1.82) is 0 Å². The number of methoxy groups -OCH3 is 1. The molecule has 1 aromatic carbocycles. The number of nitrogens with zero attached hydrogens (tertiary/aromatic N) is 2. The Morgan fingerprint density at radius 3 is 2.95 bits per heavy atom. The van der Waals surface area contributed by atoms with Crippen molar-refractivity contribution in [3.8, 4) is 0 Å². The minimum atomic E-state index is -0.380. The van der Waals surface area contributed by atoms with Gasteiger partial charge in [-0.2, -0.15) is 0 Å². The van der Waals surface area contributed by atoms with Gasteiger partial charge in [-0.25, -0.2) is 4.39 Å². The zero-order chi connectivity index (χ0) is 14.0. The predicted octanol–water partition coefficient (Wildman–Crippen LogP) is 2.08. The third-order valence-electron chi connectivity index (χ3n) is 3.45. The van der Waals surface area contributed by atoms with Crippen molar-refractivity contribution in [2.45, 2.75) is 12.5 Å². The van der Waals surface area contributed by atoms with E-state index in [0.29, 0.717) is 25.7 Å². The van der Waals surface area contributed by atoms with Gasteiger partial charge in [0.15, 0.2) is 5.96 Å². The second-order valence-electron chi connectivity index (χ2n) is 4.72. The first-order chi connectivity index (χ1) is 8.99. The molecule has 0 aromatic heterocycles. The Morgan fingerprint density at radius 1 is 1.58 bits per heavy atom. The van der Waals surface area contributed by atoms with Crippen LogP contribution in [0.3, 0.4) is 0 Å². The molecule has 1 aromatic rings. The summed E-state index contributed by atoms with van der Waals surface area (Å²) in [5, 5.41) is 0. The second kappa shape index (κ2) is 5.46. The van der Waals surface area contributed by atoms with Gasteiger partial charge in [0.25, 0.3) is 0 Å². The number of rotatable bonds is 4. The first-order valence-corrected chi connectivity index (χ1v) is 6.80. The van der Waals surface area contributed by atoms with Gasteiger partial charge in [-0.05, 0) is 24.6 Å². The number of halogens is 2. The van der Waals surface area contributed by atoms with Crippen molar-refractivity contribution >= 4 is 21.9 Å². The van der Waals surface area contributed by atoms with Crippen LogP contribution >= 0.6 is 15.9 Å². The van der Waals surface area contributed by atoms with Crippen molar-refractivity contribution in [3.63, 3.8) is 0 Å². The Bertz CT molecular complexity index is 509. The summed E-state index contributed by atoms with van der Waals surface area (Å²) in [6.45, 7) is 3.80. The maximum atomic E-state index is 13.2. The average Bonchev–Trinajstić information content (AvgIpc) is 2.64. The Balaban J connectivity index is 2.35. The van der Waals surface area contributed by atoms with Gasteiger partial charge in [0.1, 0.15) is 5.82 Å². The van der Waals surface area contributed by atoms with Crippen molar-refractivity contribution in [3.05, 3.63) is 34.1 Å². The Morgan fingerprint density at radius 2 is 2.32 bits per heavy atom. The molecule has 0 aliphatic carbocycles. The van der Waals surface area contributed by atoms with Crippen LogP contribution in [0.1, 0.15) is 12.5 Å². The summed E-state index contributed by atoms with van der Waals surface area (Å²) < 4.78 is 19.0. The van der Waals surface area contributed by atoms with E-state index in [1.807, 2.05) is 11.8 Å². The molecule has 19 heavy (non-hydrogen) atoms. The highest BCUT2D eigenvalue weighted by molar-refractivity contribution is 9.10. The number of hydrogen-bond acceptors (Lipinski definition) is 4. The fraction of sp³-hybridized carbons (Fsp3) is 0.462. The lowest BCUT2D eigenvalue weighted by Crippen LogP contribution is -2.49. The van der Waals surface area contributed by atoms with Gasteiger partial charge < -0.3 is 15.4 Å². The number of guanidine groups is 1. The van der Waals surface area contributed by atoms with Crippen molar-refractivity contribution < 1.29 is 9.13 Å². The molecule has 1 atom stereocenters. The number of ether oxygens (including phenoxy) is 1. The van der Waals surface area contributed by atoms with Crippen molar-refractivity contribution in [1.82, 2.24) is 4.90 Å². The molecular weight excluding hydrogens is 313 g/mol. The standard InChI is InChI=1S/C13H17BrFN3O/c1-13(10-4-3-9(15)7-11(10)14)8-17-12(16)18(13)5-6-19-2/h3-4,7H,5-6,8H2,1-2H3,(H2,16,17). The summed E-state index contributed by atoms with van der Waals surface area (Å²) in [5.41, 5.74) is 6.53. The molecule has 1 heterocycles. The molecule has 2 N–H and O–H groups in total. The normalized spacial score (nSPS) is 22.7. The summed E-state index contributed by atoms with van der Waals surface area (Å²) in [6.07, 6.45) is 0. The fourth-order valence-electron chi connectivity index (χ4n) is 2.36. The van der Waals surface area contributed by atoms with Gasteiger partial charge in [0, 0.05) is 18.1 Å². The van der Waals surface area contributed by atoms with E-state index in [0.717, 1.165) is 10.0 Å². The van der Waals surface area contributed by atoms with Crippen LogP contribution in [0, 0.1) is 5.82 Å². The van der Waals surface area contributed by atoms with Crippen LogP contribution in [0.2, 0.25) is 0 Å². The molecule has 2 rings (SSSR count). The Hall–Kier alpha value is -1.14. The molecule has 1 aliphatic heterocycles. The summed E-state index contributed by atoms with van der Waals surface area (Å²) in [6, 6.07) is 4.69. The first-order valence-electron chi connectivity index (χ1n) is 6.01. The molecule has 0 radical (unpaired) electrons. The lowest BCUT2D eigenvalue weighted by atomic mass is 9.91. The van der Waals surface area contributed by atoms with E-state index in [1.165, 1.54) is 12.1 Å². The van der Waals surface area contributed by atoms with Crippen LogP contribution in [0.5, 0.6) is 0 Å². The van der Waals surface area contributed by atoms with Gasteiger partial charge in [0.05, 0.1) is 18.7 Å². The zero-order valence-electron chi connectivity index (χ0n) is 11.0. The number of aliphatic imine (C=N–C) groups is 1. The molecular formula is C13H17BrFN3O. The van der Waals surface area contributed by atoms with E-state index in [4.69, 9.17) is 10.5 Å². The topological polar surface area (TPSA) is 50.9 Å². The minimum Gasteiger partial charge on any atom is -0.383 e. The number of benzene rings is 1. The molecule has 0 amide bonds. The van der Waals surface area contributed by atoms with Crippen LogP contribution in [0.25, 0.3) is 0 Å². The van der Waals surface area contributed by atoms with Gasteiger partial charge >= 0.3 is 0 Å². The van der Waals surface area contributed by atoms with E-state index in [2.05, 4.69) is 20.9 Å².